The molecule has 0 aromatic heterocycles. The maximum Gasteiger partial charge on any atom is 0.500 e. The number of hydrogen-bond acceptors (Lipinski definition) is 4. The van der Waals surface area contributed by atoms with E-state index >= 15 is 0 Å². The van der Waals surface area contributed by atoms with Gasteiger partial charge in [0, 0.05) is 33.1 Å². The third-order valence-corrected chi connectivity index (χ3v) is 5.66. The van der Waals surface area contributed by atoms with Crippen LogP contribution in [0.15, 0.2) is 24.3 Å². The lowest BCUT2D eigenvalue weighted by Gasteiger charge is -2.24. The van der Waals surface area contributed by atoms with E-state index in [1.54, 1.807) is 21.3 Å². The first-order valence-corrected chi connectivity index (χ1v) is 7.59. The molecule has 0 amide bonds. The molecule has 2 N–H and O–H groups in total. The van der Waals surface area contributed by atoms with Gasteiger partial charge in [-0.25, -0.2) is 0 Å². The molecule has 96 valence electrons. The minimum Gasteiger partial charge on any atom is -0.399 e. The Labute approximate surface area is 104 Å². The largest absolute Gasteiger partial charge is 0.500 e. The average molecular weight is 255 g/mol. The van der Waals surface area contributed by atoms with Gasteiger partial charge in [-0.05, 0) is 30.5 Å². The number of benzene rings is 1. The van der Waals surface area contributed by atoms with E-state index in [9.17, 15) is 0 Å². The molecule has 17 heavy (non-hydrogen) atoms. The SMILES string of the molecule is CO[Si](CCCc1cccc(N)c1)(OC)OC. The van der Waals surface area contributed by atoms with Gasteiger partial charge in [0.05, 0.1) is 0 Å². The van der Waals surface area contributed by atoms with Crippen molar-refractivity contribution >= 4 is 14.5 Å². The van der Waals surface area contributed by atoms with Crippen LogP contribution in [-0.4, -0.2) is 30.1 Å². The normalized spacial score (nSPS) is 11.7. The molecule has 0 unspecified atom stereocenters. The van der Waals surface area contributed by atoms with Crippen LogP contribution in [0.25, 0.3) is 0 Å². The molecule has 0 aliphatic heterocycles. The number of hydrogen-bond donors (Lipinski definition) is 1. The highest BCUT2D eigenvalue weighted by Gasteiger charge is 2.36. The summed E-state index contributed by atoms with van der Waals surface area (Å²) in [6.07, 6.45) is 1.92. The average Bonchev–Trinajstić information content (AvgIpc) is 2.35. The van der Waals surface area contributed by atoms with Crippen LogP contribution in [0, 0.1) is 0 Å². The molecule has 4 nitrogen and oxygen atoms in total. The van der Waals surface area contributed by atoms with Gasteiger partial charge in [0.15, 0.2) is 0 Å². The third kappa shape index (κ3) is 4.12. The molecule has 0 heterocycles. The van der Waals surface area contributed by atoms with E-state index in [0.29, 0.717) is 0 Å². The predicted molar refractivity (Wildman–Crippen MR) is 70.8 cm³/mol. The summed E-state index contributed by atoms with van der Waals surface area (Å²) in [6.45, 7) is 0. The fraction of sp³-hybridized carbons (Fsp3) is 0.500. The van der Waals surface area contributed by atoms with Crippen molar-refractivity contribution in [1.82, 2.24) is 0 Å². The Hall–Kier alpha value is -0.883. The molecular formula is C12H21NO3Si. The maximum absolute atomic E-state index is 5.73. The molecule has 0 atom stereocenters. The Morgan fingerprint density at radius 3 is 2.29 bits per heavy atom. The van der Waals surface area contributed by atoms with Gasteiger partial charge in [0.2, 0.25) is 0 Å². The number of nitrogen functional groups attached to an aromatic ring is 1. The van der Waals surface area contributed by atoms with Crippen molar-refractivity contribution in [2.24, 2.45) is 0 Å². The summed E-state index contributed by atoms with van der Waals surface area (Å²) in [6, 6.07) is 8.74. The van der Waals surface area contributed by atoms with Crippen LogP contribution >= 0.6 is 0 Å². The Balaban J connectivity index is 2.46. The first-order valence-electron chi connectivity index (χ1n) is 5.65. The molecule has 0 spiro atoms. The zero-order chi connectivity index (χ0) is 12.7. The Kier molecular flexibility index (Phi) is 5.63. The van der Waals surface area contributed by atoms with Crippen molar-refractivity contribution in [3.05, 3.63) is 29.8 Å². The lowest BCUT2D eigenvalue weighted by molar-refractivity contribution is 0.123. The van der Waals surface area contributed by atoms with Gasteiger partial charge in [-0.3, -0.25) is 0 Å². The summed E-state index contributed by atoms with van der Waals surface area (Å²) in [5.74, 6) is 0. The maximum atomic E-state index is 5.73. The van der Waals surface area contributed by atoms with E-state index in [1.165, 1.54) is 5.56 Å². The fourth-order valence-electron chi connectivity index (χ4n) is 1.81. The highest BCUT2D eigenvalue weighted by molar-refractivity contribution is 6.60. The molecular weight excluding hydrogens is 234 g/mol. The van der Waals surface area contributed by atoms with Gasteiger partial charge < -0.3 is 19.0 Å². The van der Waals surface area contributed by atoms with Crippen LogP contribution in [-0.2, 0) is 19.7 Å². The van der Waals surface area contributed by atoms with Crippen LogP contribution in [0.4, 0.5) is 5.69 Å². The van der Waals surface area contributed by atoms with Crippen molar-refractivity contribution in [3.8, 4) is 0 Å². The summed E-state index contributed by atoms with van der Waals surface area (Å²) < 4.78 is 16.1. The number of aryl methyl sites for hydroxylation is 1. The van der Waals surface area contributed by atoms with Crippen molar-refractivity contribution in [2.45, 2.75) is 18.9 Å². The molecule has 0 saturated carbocycles. The van der Waals surface area contributed by atoms with Gasteiger partial charge in [-0.1, -0.05) is 12.1 Å². The van der Waals surface area contributed by atoms with E-state index in [0.717, 1.165) is 24.6 Å². The second-order valence-corrected chi connectivity index (χ2v) is 6.98. The van der Waals surface area contributed by atoms with Crippen LogP contribution in [0.2, 0.25) is 6.04 Å². The molecule has 1 rings (SSSR count). The van der Waals surface area contributed by atoms with E-state index in [1.807, 2.05) is 18.2 Å². The van der Waals surface area contributed by atoms with Gasteiger partial charge in [-0.2, -0.15) is 0 Å². The lowest BCUT2D eigenvalue weighted by atomic mass is 10.1. The topological polar surface area (TPSA) is 53.7 Å². The predicted octanol–water partition coefficient (Wildman–Crippen LogP) is 2.08. The van der Waals surface area contributed by atoms with Crippen molar-refractivity contribution in [2.75, 3.05) is 27.1 Å². The van der Waals surface area contributed by atoms with E-state index in [2.05, 4.69) is 6.07 Å². The monoisotopic (exact) mass is 255 g/mol. The summed E-state index contributed by atoms with van der Waals surface area (Å²) in [4.78, 5) is 0. The Morgan fingerprint density at radius 1 is 1.12 bits per heavy atom. The molecule has 0 aliphatic carbocycles. The highest BCUT2D eigenvalue weighted by Crippen LogP contribution is 2.18. The zero-order valence-electron chi connectivity index (χ0n) is 10.7. The van der Waals surface area contributed by atoms with Crippen LogP contribution < -0.4 is 5.73 Å². The lowest BCUT2D eigenvalue weighted by Crippen LogP contribution is -2.42. The highest BCUT2D eigenvalue weighted by atomic mass is 28.4. The molecule has 5 heteroatoms. The first kappa shape index (κ1) is 14.2. The summed E-state index contributed by atoms with van der Waals surface area (Å²) in [5.41, 5.74) is 7.76. The minimum atomic E-state index is -2.42. The molecule has 0 radical (unpaired) electrons. The minimum absolute atomic E-state index is 0.802. The molecule has 0 fully saturated rings. The summed E-state index contributed by atoms with van der Waals surface area (Å²) in [7, 11) is 2.50. The van der Waals surface area contributed by atoms with Crippen molar-refractivity contribution < 1.29 is 13.3 Å². The number of nitrogens with two attached hydrogens (primary N) is 1. The van der Waals surface area contributed by atoms with Crippen molar-refractivity contribution in [1.29, 1.82) is 0 Å². The fourth-order valence-corrected chi connectivity index (χ4v) is 3.54. The van der Waals surface area contributed by atoms with E-state index in [4.69, 9.17) is 19.0 Å². The Morgan fingerprint density at radius 2 is 1.76 bits per heavy atom. The number of anilines is 1. The van der Waals surface area contributed by atoms with Crippen LogP contribution in [0.1, 0.15) is 12.0 Å². The standard InChI is InChI=1S/C12H21NO3Si/c1-14-17(15-2,16-3)9-5-7-11-6-4-8-12(13)10-11/h4,6,8,10H,5,7,9,13H2,1-3H3. The second-order valence-electron chi connectivity index (χ2n) is 3.89. The van der Waals surface area contributed by atoms with Gasteiger partial charge >= 0.3 is 8.80 Å². The number of rotatable bonds is 7. The molecule has 0 aliphatic rings. The molecule has 1 aromatic carbocycles. The van der Waals surface area contributed by atoms with Gasteiger partial charge in [0.1, 0.15) is 0 Å². The van der Waals surface area contributed by atoms with E-state index < -0.39 is 8.80 Å². The summed E-state index contributed by atoms with van der Waals surface area (Å²) in [5, 5.41) is 0. The second kappa shape index (κ2) is 6.76. The third-order valence-electron chi connectivity index (χ3n) is 2.83. The van der Waals surface area contributed by atoms with Crippen LogP contribution in [0.5, 0.6) is 0 Å². The Bertz CT molecular complexity index is 334. The van der Waals surface area contributed by atoms with Gasteiger partial charge in [0.25, 0.3) is 0 Å². The molecule has 0 bridgehead atoms. The molecule has 1 aromatic rings. The quantitative estimate of drug-likeness (QED) is 0.598. The van der Waals surface area contributed by atoms with Crippen LogP contribution in [0.3, 0.4) is 0 Å². The van der Waals surface area contributed by atoms with Gasteiger partial charge in [-0.15, -0.1) is 0 Å². The summed E-state index contributed by atoms with van der Waals surface area (Å²) >= 11 is 0. The zero-order valence-corrected chi connectivity index (χ0v) is 11.7. The smallest absolute Gasteiger partial charge is 0.399 e. The van der Waals surface area contributed by atoms with E-state index in [-0.39, 0.29) is 0 Å². The molecule has 0 saturated heterocycles. The van der Waals surface area contributed by atoms with Crippen molar-refractivity contribution in [3.63, 3.8) is 0 Å². The first-order chi connectivity index (χ1) is 8.15.